The molecule has 0 aromatic rings. The van der Waals surface area contributed by atoms with Crippen LogP contribution < -0.4 is 5.32 Å². The lowest BCUT2D eigenvalue weighted by molar-refractivity contribution is -0.136. The number of cyclic esters (lactones) is 1. The van der Waals surface area contributed by atoms with E-state index in [0.29, 0.717) is 11.6 Å². The summed E-state index contributed by atoms with van der Waals surface area (Å²) in [6, 6.07) is 0.505. The van der Waals surface area contributed by atoms with Crippen molar-refractivity contribution in [1.29, 1.82) is 0 Å². The maximum atomic E-state index is 12.8. The minimum Gasteiger partial charge on any atom is -0.456 e. The van der Waals surface area contributed by atoms with Crippen LogP contribution >= 0.6 is 0 Å². The number of esters is 1. The van der Waals surface area contributed by atoms with Crippen molar-refractivity contribution in [3.05, 3.63) is 11.3 Å². The Morgan fingerprint density at radius 2 is 2.00 bits per heavy atom. The highest BCUT2D eigenvalue weighted by Crippen LogP contribution is 2.31. The van der Waals surface area contributed by atoms with Gasteiger partial charge < -0.3 is 15.0 Å². The van der Waals surface area contributed by atoms with Crippen molar-refractivity contribution in [2.45, 2.75) is 45.2 Å². The van der Waals surface area contributed by atoms with Crippen LogP contribution in [-0.2, 0) is 9.53 Å². The van der Waals surface area contributed by atoms with Crippen LogP contribution in [0.4, 0.5) is 4.79 Å². The van der Waals surface area contributed by atoms with Gasteiger partial charge in [0.1, 0.15) is 6.61 Å². The summed E-state index contributed by atoms with van der Waals surface area (Å²) in [5.74, 6) is -0.298. The molecule has 2 fully saturated rings. The number of hydrogen-bond acceptors (Lipinski definition) is 4. The first-order valence-corrected chi connectivity index (χ1v) is 7.81. The standard InChI is InChI=1S/C15H23N3O3/c1-3-11-8-17(12-4-6-16-7-5-12)15(20)18(11)13-9-21-14(19)10(13)2/h11-12,16H,3-9H2,1-2H3. The highest BCUT2D eigenvalue weighted by Gasteiger charge is 2.43. The zero-order chi connectivity index (χ0) is 15.0. The summed E-state index contributed by atoms with van der Waals surface area (Å²) < 4.78 is 5.08. The molecule has 2 amide bonds. The van der Waals surface area contributed by atoms with E-state index in [2.05, 4.69) is 12.2 Å². The van der Waals surface area contributed by atoms with Crippen LogP contribution in [0, 0.1) is 0 Å². The maximum Gasteiger partial charge on any atom is 0.336 e. The highest BCUT2D eigenvalue weighted by molar-refractivity contribution is 5.92. The number of urea groups is 1. The Morgan fingerprint density at radius 1 is 1.29 bits per heavy atom. The molecule has 6 heteroatoms. The number of piperidine rings is 1. The Kier molecular flexibility index (Phi) is 3.89. The quantitative estimate of drug-likeness (QED) is 0.791. The fourth-order valence-electron chi connectivity index (χ4n) is 3.47. The highest BCUT2D eigenvalue weighted by atomic mass is 16.5. The number of amides is 2. The average molecular weight is 293 g/mol. The second-order valence-electron chi connectivity index (χ2n) is 6.00. The maximum absolute atomic E-state index is 12.8. The van der Waals surface area contributed by atoms with Gasteiger partial charge in [-0.15, -0.1) is 0 Å². The Labute approximate surface area is 125 Å². The van der Waals surface area contributed by atoms with Crippen LogP contribution in [-0.4, -0.2) is 60.1 Å². The molecule has 0 radical (unpaired) electrons. The summed E-state index contributed by atoms with van der Waals surface area (Å²) in [5.41, 5.74) is 1.34. The summed E-state index contributed by atoms with van der Waals surface area (Å²) in [6.45, 7) is 6.75. The first-order valence-electron chi connectivity index (χ1n) is 7.81. The van der Waals surface area contributed by atoms with Crippen LogP contribution in [0.15, 0.2) is 11.3 Å². The summed E-state index contributed by atoms with van der Waals surface area (Å²) in [6.07, 6.45) is 2.89. The molecule has 0 bridgehead atoms. The van der Waals surface area contributed by atoms with Gasteiger partial charge in [-0.1, -0.05) is 6.92 Å². The largest absolute Gasteiger partial charge is 0.456 e. The van der Waals surface area contributed by atoms with Crippen molar-refractivity contribution >= 4 is 12.0 Å². The topological polar surface area (TPSA) is 61.9 Å². The van der Waals surface area contributed by atoms with Gasteiger partial charge in [0.25, 0.3) is 0 Å². The molecule has 3 aliphatic heterocycles. The second-order valence-corrected chi connectivity index (χ2v) is 6.00. The van der Waals surface area contributed by atoms with E-state index in [-0.39, 0.29) is 24.6 Å². The number of ether oxygens (including phenoxy) is 1. The Hall–Kier alpha value is -1.56. The first-order chi connectivity index (χ1) is 10.1. The molecule has 1 unspecified atom stereocenters. The van der Waals surface area contributed by atoms with E-state index in [1.165, 1.54) is 0 Å². The Balaban J connectivity index is 1.83. The number of nitrogens with zero attached hydrogens (tertiary/aromatic N) is 2. The van der Waals surface area contributed by atoms with E-state index in [1.807, 2.05) is 9.80 Å². The average Bonchev–Trinajstić information content (AvgIpc) is 3.01. The summed E-state index contributed by atoms with van der Waals surface area (Å²) >= 11 is 0. The fourth-order valence-corrected chi connectivity index (χ4v) is 3.47. The molecule has 0 aliphatic carbocycles. The second kappa shape index (κ2) is 5.67. The van der Waals surface area contributed by atoms with Crippen LogP contribution in [0.1, 0.15) is 33.1 Å². The van der Waals surface area contributed by atoms with Crippen LogP contribution in [0.2, 0.25) is 0 Å². The van der Waals surface area contributed by atoms with Gasteiger partial charge in [-0.3, -0.25) is 4.90 Å². The molecule has 0 saturated carbocycles. The van der Waals surface area contributed by atoms with E-state index in [9.17, 15) is 9.59 Å². The van der Waals surface area contributed by atoms with E-state index in [4.69, 9.17) is 4.74 Å². The van der Waals surface area contributed by atoms with Crippen LogP contribution in [0.25, 0.3) is 0 Å². The van der Waals surface area contributed by atoms with Gasteiger partial charge in [-0.05, 0) is 39.3 Å². The van der Waals surface area contributed by atoms with Crippen molar-refractivity contribution < 1.29 is 14.3 Å². The van der Waals surface area contributed by atoms with Crippen LogP contribution in [0.5, 0.6) is 0 Å². The van der Waals surface area contributed by atoms with Gasteiger partial charge in [0.05, 0.1) is 17.3 Å². The molecule has 2 saturated heterocycles. The molecule has 0 spiro atoms. The van der Waals surface area contributed by atoms with Crippen LogP contribution in [0.3, 0.4) is 0 Å². The molecule has 21 heavy (non-hydrogen) atoms. The van der Waals surface area contributed by atoms with Crippen molar-refractivity contribution in [2.24, 2.45) is 0 Å². The van der Waals surface area contributed by atoms with Crippen molar-refractivity contribution in [3.63, 3.8) is 0 Å². The molecule has 116 valence electrons. The van der Waals surface area contributed by atoms with Gasteiger partial charge in [-0.25, -0.2) is 9.59 Å². The first kappa shape index (κ1) is 14.4. The molecule has 1 N–H and O–H groups in total. The third-order valence-electron chi connectivity index (χ3n) is 4.81. The van der Waals surface area contributed by atoms with Gasteiger partial charge in [0.15, 0.2) is 0 Å². The number of carbonyl (C=O) groups excluding carboxylic acids is 2. The van der Waals surface area contributed by atoms with E-state index in [1.54, 1.807) is 6.92 Å². The van der Waals surface area contributed by atoms with E-state index >= 15 is 0 Å². The van der Waals surface area contributed by atoms with Gasteiger partial charge in [0.2, 0.25) is 0 Å². The number of rotatable bonds is 3. The van der Waals surface area contributed by atoms with Crippen molar-refractivity contribution in [3.8, 4) is 0 Å². The molecular weight excluding hydrogens is 270 g/mol. The Bertz CT molecular complexity index is 483. The van der Waals surface area contributed by atoms with Crippen molar-refractivity contribution in [2.75, 3.05) is 26.2 Å². The lowest BCUT2D eigenvalue weighted by Gasteiger charge is -2.31. The smallest absolute Gasteiger partial charge is 0.336 e. The molecule has 3 aliphatic rings. The van der Waals surface area contributed by atoms with E-state index < -0.39 is 0 Å². The zero-order valence-electron chi connectivity index (χ0n) is 12.7. The minimum atomic E-state index is -0.298. The lowest BCUT2D eigenvalue weighted by Crippen LogP contribution is -2.45. The molecule has 0 aromatic heterocycles. The predicted molar refractivity (Wildman–Crippen MR) is 77.6 cm³/mol. The fraction of sp³-hybridized carbons (Fsp3) is 0.733. The number of carbonyl (C=O) groups is 2. The number of nitrogens with one attached hydrogen (secondary N) is 1. The predicted octanol–water partition coefficient (Wildman–Crippen LogP) is 1.09. The summed E-state index contributed by atoms with van der Waals surface area (Å²) in [5, 5.41) is 3.33. The molecule has 3 heterocycles. The summed E-state index contributed by atoms with van der Waals surface area (Å²) in [4.78, 5) is 28.2. The molecule has 3 rings (SSSR count). The molecule has 0 aromatic carbocycles. The minimum absolute atomic E-state index is 0.0430. The normalized spacial score (nSPS) is 27.8. The summed E-state index contributed by atoms with van der Waals surface area (Å²) in [7, 11) is 0. The molecular formula is C15H23N3O3. The molecule has 6 nitrogen and oxygen atoms in total. The van der Waals surface area contributed by atoms with Gasteiger partial charge >= 0.3 is 12.0 Å². The van der Waals surface area contributed by atoms with Crippen molar-refractivity contribution in [1.82, 2.24) is 15.1 Å². The van der Waals surface area contributed by atoms with E-state index in [0.717, 1.165) is 44.6 Å². The Morgan fingerprint density at radius 3 is 2.57 bits per heavy atom. The van der Waals surface area contributed by atoms with Gasteiger partial charge in [-0.2, -0.15) is 0 Å². The van der Waals surface area contributed by atoms with Gasteiger partial charge in [0, 0.05) is 12.6 Å². The third kappa shape index (κ3) is 2.41. The SMILES string of the molecule is CCC1CN(C2CCNCC2)C(=O)N1C1=C(C)C(=O)OC1. The lowest BCUT2D eigenvalue weighted by atomic mass is 10.1. The zero-order valence-corrected chi connectivity index (χ0v) is 12.7. The monoisotopic (exact) mass is 293 g/mol. The molecule has 1 atom stereocenters. The third-order valence-corrected chi connectivity index (χ3v) is 4.81. The number of hydrogen-bond donors (Lipinski definition) is 1.